The molecule has 0 radical (unpaired) electrons. The number of rotatable bonds is 5. The lowest BCUT2D eigenvalue weighted by molar-refractivity contribution is -0.122. The molecule has 1 fully saturated rings. The summed E-state index contributed by atoms with van der Waals surface area (Å²) in [7, 11) is 0. The van der Waals surface area contributed by atoms with Crippen LogP contribution in [0.25, 0.3) is 0 Å². The molecule has 0 aliphatic heterocycles. The smallest absolute Gasteiger partial charge is 0.227 e. The van der Waals surface area contributed by atoms with Crippen molar-refractivity contribution in [1.29, 1.82) is 0 Å². The summed E-state index contributed by atoms with van der Waals surface area (Å²) in [5.41, 5.74) is 1.18. The van der Waals surface area contributed by atoms with Crippen LogP contribution in [0.5, 0.6) is 0 Å². The van der Waals surface area contributed by atoms with E-state index in [1.165, 1.54) is 19.3 Å². The van der Waals surface area contributed by atoms with E-state index in [0.717, 1.165) is 18.4 Å². The summed E-state index contributed by atoms with van der Waals surface area (Å²) in [6, 6.07) is 9.92. The Morgan fingerprint density at radius 3 is 2.50 bits per heavy atom. The zero-order valence-electron chi connectivity index (χ0n) is 12.2. The number of benzene rings is 1. The molecule has 0 aromatic heterocycles. The highest BCUT2D eigenvalue weighted by Crippen LogP contribution is 2.36. The van der Waals surface area contributed by atoms with Crippen LogP contribution >= 0.6 is 11.6 Å². The SMILES string of the molecule is CC(C(=O)NCC1(CCl)CCCCC1)c1ccccc1. The van der Waals surface area contributed by atoms with Crippen LogP contribution < -0.4 is 5.32 Å². The van der Waals surface area contributed by atoms with E-state index in [1.54, 1.807) is 0 Å². The van der Waals surface area contributed by atoms with Gasteiger partial charge < -0.3 is 5.32 Å². The van der Waals surface area contributed by atoms with Gasteiger partial charge in [-0.15, -0.1) is 11.6 Å². The van der Waals surface area contributed by atoms with Crippen molar-refractivity contribution in [2.75, 3.05) is 12.4 Å². The second kappa shape index (κ2) is 7.12. The van der Waals surface area contributed by atoms with Gasteiger partial charge in [-0.3, -0.25) is 4.79 Å². The maximum absolute atomic E-state index is 12.3. The lowest BCUT2D eigenvalue weighted by Gasteiger charge is -2.36. The number of hydrogen-bond donors (Lipinski definition) is 1. The van der Waals surface area contributed by atoms with Crippen molar-refractivity contribution >= 4 is 17.5 Å². The molecular formula is C17H24ClNO. The molecule has 110 valence electrons. The average Bonchev–Trinajstić information content (AvgIpc) is 2.53. The highest BCUT2D eigenvalue weighted by Gasteiger charge is 2.32. The first-order chi connectivity index (χ1) is 9.67. The predicted molar refractivity (Wildman–Crippen MR) is 84.1 cm³/mol. The third kappa shape index (κ3) is 3.76. The highest BCUT2D eigenvalue weighted by atomic mass is 35.5. The molecule has 1 saturated carbocycles. The largest absolute Gasteiger partial charge is 0.355 e. The van der Waals surface area contributed by atoms with Crippen molar-refractivity contribution in [3.05, 3.63) is 35.9 Å². The maximum Gasteiger partial charge on any atom is 0.227 e. The Balaban J connectivity index is 1.91. The van der Waals surface area contributed by atoms with Crippen LogP contribution in [-0.2, 0) is 4.79 Å². The van der Waals surface area contributed by atoms with Crippen LogP contribution in [0.1, 0.15) is 50.5 Å². The molecule has 20 heavy (non-hydrogen) atoms. The summed E-state index contributed by atoms with van der Waals surface area (Å²) in [5, 5.41) is 3.12. The Kier molecular flexibility index (Phi) is 5.47. The van der Waals surface area contributed by atoms with E-state index in [9.17, 15) is 4.79 Å². The molecule has 1 unspecified atom stereocenters. The number of nitrogens with one attached hydrogen (secondary N) is 1. The standard InChI is InChI=1S/C17H24ClNO/c1-14(15-8-4-2-5-9-15)16(20)19-13-17(12-18)10-6-3-7-11-17/h2,4-5,8-9,14H,3,6-7,10-13H2,1H3,(H,19,20). The molecule has 2 nitrogen and oxygen atoms in total. The van der Waals surface area contributed by atoms with E-state index >= 15 is 0 Å². The van der Waals surface area contributed by atoms with E-state index in [4.69, 9.17) is 11.6 Å². The van der Waals surface area contributed by atoms with Gasteiger partial charge in [-0.1, -0.05) is 49.6 Å². The summed E-state index contributed by atoms with van der Waals surface area (Å²) < 4.78 is 0. The fraction of sp³-hybridized carbons (Fsp3) is 0.588. The zero-order chi connectivity index (χ0) is 14.4. The molecule has 1 aromatic rings. The molecule has 0 spiro atoms. The van der Waals surface area contributed by atoms with E-state index < -0.39 is 0 Å². The van der Waals surface area contributed by atoms with Crippen molar-refractivity contribution in [2.45, 2.75) is 44.9 Å². The predicted octanol–water partition coefficient (Wildman–Crippen LogP) is 4.10. The minimum atomic E-state index is -0.104. The van der Waals surface area contributed by atoms with Gasteiger partial charge in [-0.2, -0.15) is 0 Å². The molecule has 1 amide bonds. The minimum Gasteiger partial charge on any atom is -0.355 e. The number of carbonyl (C=O) groups is 1. The van der Waals surface area contributed by atoms with Crippen LogP contribution in [0.4, 0.5) is 0 Å². The Morgan fingerprint density at radius 2 is 1.90 bits per heavy atom. The first kappa shape index (κ1) is 15.4. The second-order valence-electron chi connectivity index (χ2n) is 6.04. The third-order valence-corrected chi connectivity index (χ3v) is 5.10. The Hall–Kier alpha value is -1.02. The van der Waals surface area contributed by atoms with E-state index in [2.05, 4.69) is 5.32 Å². The van der Waals surface area contributed by atoms with E-state index in [1.807, 2.05) is 37.3 Å². The normalized spacial score (nSPS) is 19.3. The molecule has 0 bridgehead atoms. The van der Waals surface area contributed by atoms with Crippen LogP contribution in [0, 0.1) is 5.41 Å². The summed E-state index contributed by atoms with van der Waals surface area (Å²) in [6.07, 6.45) is 6.04. The minimum absolute atomic E-state index is 0.103. The Morgan fingerprint density at radius 1 is 1.25 bits per heavy atom. The number of carbonyl (C=O) groups excluding carboxylic acids is 1. The molecule has 1 N–H and O–H groups in total. The van der Waals surface area contributed by atoms with Gasteiger partial charge in [0.05, 0.1) is 5.92 Å². The molecular weight excluding hydrogens is 270 g/mol. The summed E-state index contributed by atoms with van der Waals surface area (Å²) >= 11 is 6.17. The van der Waals surface area contributed by atoms with Crippen molar-refractivity contribution < 1.29 is 4.79 Å². The summed E-state index contributed by atoms with van der Waals surface area (Å²) in [5.74, 6) is 0.644. The van der Waals surface area contributed by atoms with Crippen LogP contribution in [0.15, 0.2) is 30.3 Å². The number of halogens is 1. The monoisotopic (exact) mass is 293 g/mol. The van der Waals surface area contributed by atoms with E-state index in [0.29, 0.717) is 12.4 Å². The van der Waals surface area contributed by atoms with Crippen molar-refractivity contribution in [3.8, 4) is 0 Å². The molecule has 0 heterocycles. The van der Waals surface area contributed by atoms with Gasteiger partial charge in [-0.05, 0) is 25.3 Å². The third-order valence-electron chi connectivity index (χ3n) is 4.53. The number of alkyl halides is 1. The van der Waals surface area contributed by atoms with Crippen LogP contribution in [-0.4, -0.2) is 18.3 Å². The zero-order valence-corrected chi connectivity index (χ0v) is 13.0. The maximum atomic E-state index is 12.3. The van der Waals surface area contributed by atoms with Crippen LogP contribution in [0.3, 0.4) is 0 Å². The molecule has 1 aliphatic rings. The van der Waals surface area contributed by atoms with Gasteiger partial charge in [0.2, 0.25) is 5.91 Å². The van der Waals surface area contributed by atoms with Crippen molar-refractivity contribution in [2.24, 2.45) is 5.41 Å². The second-order valence-corrected chi connectivity index (χ2v) is 6.31. The summed E-state index contributed by atoms with van der Waals surface area (Å²) in [4.78, 5) is 12.3. The summed E-state index contributed by atoms with van der Waals surface area (Å²) in [6.45, 7) is 2.67. The van der Waals surface area contributed by atoms with E-state index in [-0.39, 0.29) is 17.2 Å². The highest BCUT2D eigenvalue weighted by molar-refractivity contribution is 6.18. The first-order valence-electron chi connectivity index (χ1n) is 7.55. The lowest BCUT2D eigenvalue weighted by atomic mass is 9.75. The van der Waals surface area contributed by atoms with Gasteiger partial charge >= 0.3 is 0 Å². The molecule has 3 heteroatoms. The van der Waals surface area contributed by atoms with Crippen molar-refractivity contribution in [1.82, 2.24) is 5.32 Å². The fourth-order valence-corrected chi connectivity index (χ4v) is 3.34. The molecule has 1 aliphatic carbocycles. The Bertz CT molecular complexity index is 426. The molecule has 0 saturated heterocycles. The molecule has 1 atom stereocenters. The first-order valence-corrected chi connectivity index (χ1v) is 8.09. The number of amides is 1. The lowest BCUT2D eigenvalue weighted by Crippen LogP contribution is -2.41. The fourth-order valence-electron chi connectivity index (χ4n) is 2.98. The van der Waals surface area contributed by atoms with Crippen LogP contribution in [0.2, 0.25) is 0 Å². The average molecular weight is 294 g/mol. The van der Waals surface area contributed by atoms with Gasteiger partial charge in [0.25, 0.3) is 0 Å². The Labute approximate surface area is 126 Å². The quantitative estimate of drug-likeness (QED) is 0.814. The van der Waals surface area contributed by atoms with Gasteiger partial charge in [0.1, 0.15) is 0 Å². The topological polar surface area (TPSA) is 29.1 Å². The molecule has 1 aromatic carbocycles. The van der Waals surface area contributed by atoms with Crippen molar-refractivity contribution in [3.63, 3.8) is 0 Å². The van der Waals surface area contributed by atoms with Gasteiger partial charge in [0, 0.05) is 17.8 Å². The molecule has 2 rings (SSSR count). The van der Waals surface area contributed by atoms with Gasteiger partial charge in [-0.25, -0.2) is 0 Å². The van der Waals surface area contributed by atoms with Gasteiger partial charge in [0.15, 0.2) is 0 Å². The number of hydrogen-bond acceptors (Lipinski definition) is 1.